The van der Waals surface area contributed by atoms with Crippen molar-refractivity contribution in [2.45, 2.75) is 25.3 Å². The van der Waals surface area contributed by atoms with E-state index >= 15 is 4.39 Å². The van der Waals surface area contributed by atoms with Crippen molar-refractivity contribution >= 4 is 23.2 Å². The number of aromatic nitrogens is 9. The van der Waals surface area contributed by atoms with Gasteiger partial charge in [0.25, 0.3) is 11.3 Å². The highest BCUT2D eigenvalue weighted by atomic mass is 35.5. The lowest BCUT2D eigenvalue weighted by Crippen LogP contribution is -2.38. The Kier molecular flexibility index (Phi) is 6.35. The molecule has 5 aromatic rings. The maximum Gasteiger partial charge on any atom is 0.267 e. The average molecular weight is 569 g/mol. The molecule has 0 saturated heterocycles. The van der Waals surface area contributed by atoms with Gasteiger partial charge in [0.05, 0.1) is 39.3 Å². The van der Waals surface area contributed by atoms with Gasteiger partial charge in [-0.1, -0.05) is 36.0 Å². The number of tetrazole rings is 1. The molecule has 6 rings (SSSR count). The van der Waals surface area contributed by atoms with Gasteiger partial charge >= 0.3 is 0 Å². The normalized spacial score (nSPS) is 14.1. The molecular weight excluding hydrogens is 548 g/mol. The molecule has 4 aromatic heterocycles. The van der Waals surface area contributed by atoms with Crippen LogP contribution in [0.15, 0.2) is 60.2 Å². The summed E-state index contributed by atoms with van der Waals surface area (Å²) in [5, 5.41) is 31.0. The number of nitrogens with zero attached hydrogens (tertiary/aromatic N) is 9. The Morgan fingerprint density at radius 1 is 1.15 bits per heavy atom. The predicted molar refractivity (Wildman–Crippen MR) is 138 cm³/mol. The molecule has 0 radical (unpaired) electrons. The fraction of sp³-hybridized carbons (Fsp3) is 0.240. The summed E-state index contributed by atoms with van der Waals surface area (Å²) in [4.78, 5) is 12.1. The van der Waals surface area contributed by atoms with Gasteiger partial charge in [-0.25, -0.2) is 9.07 Å². The second-order valence-electron chi connectivity index (χ2n) is 9.42. The summed E-state index contributed by atoms with van der Waals surface area (Å²) in [6, 6.07) is 5.66. The molecule has 1 atom stereocenters. The van der Waals surface area contributed by atoms with E-state index in [0.29, 0.717) is 34.8 Å². The van der Waals surface area contributed by atoms with Crippen LogP contribution in [0, 0.1) is 11.7 Å². The molecule has 0 amide bonds. The molecule has 14 heteroatoms. The van der Waals surface area contributed by atoms with Crippen molar-refractivity contribution in [3.63, 3.8) is 0 Å². The zero-order chi connectivity index (χ0) is 27.3. The molecule has 0 aliphatic heterocycles. The van der Waals surface area contributed by atoms with E-state index in [1.54, 1.807) is 42.5 Å². The van der Waals surface area contributed by atoms with Crippen molar-refractivity contribution in [1.29, 1.82) is 0 Å². The topological polar surface area (TPSA) is 120 Å². The van der Waals surface area contributed by atoms with Crippen LogP contribution >= 0.6 is 23.2 Å². The van der Waals surface area contributed by atoms with Gasteiger partial charge in [-0.2, -0.15) is 14.9 Å². The van der Waals surface area contributed by atoms with E-state index in [4.69, 9.17) is 23.2 Å². The highest BCUT2D eigenvalue weighted by Crippen LogP contribution is 2.41. The number of hydrogen-bond donors (Lipinski definition) is 1. The second-order valence-corrected chi connectivity index (χ2v) is 10.2. The first-order chi connectivity index (χ1) is 18.8. The predicted octanol–water partition coefficient (Wildman–Crippen LogP) is 3.65. The van der Waals surface area contributed by atoms with Crippen molar-refractivity contribution in [1.82, 2.24) is 39.8 Å². The SMILES string of the molecule is Cn1ncc(-c2cnn(C(CC3CC3)c3cc(Cl)c(-c4c(-n5cnnn5)ccc(Cl)c4F)c[n+]3O)c2)cc1=O. The minimum absolute atomic E-state index is 0.0347. The Hall–Kier alpha value is -4.16. The van der Waals surface area contributed by atoms with Crippen LogP contribution in [0.5, 0.6) is 0 Å². The standard InChI is InChI=1S/C25H21Cl2FN9O2/c1-34-23(38)7-15(9-30-34)16-10-31-35(11-16)21(6-14-2-3-14)22-8-19(27)17(12-37(22)39)24-20(36-13-29-32-33-36)5-4-18(26)25(24)28/h4-5,7-14,21,39H,2-3,6H2,1H3/q+1. The van der Waals surface area contributed by atoms with E-state index in [9.17, 15) is 10.0 Å². The number of hydrogen-bond acceptors (Lipinski definition) is 7. The smallest absolute Gasteiger partial charge is 0.267 e. The molecule has 0 spiro atoms. The summed E-state index contributed by atoms with van der Waals surface area (Å²) in [7, 11) is 1.58. The van der Waals surface area contributed by atoms with Crippen LogP contribution in [-0.2, 0) is 7.05 Å². The summed E-state index contributed by atoms with van der Waals surface area (Å²) in [5.41, 5.74) is 2.09. The van der Waals surface area contributed by atoms with Crippen LogP contribution in [0.25, 0.3) is 27.9 Å². The summed E-state index contributed by atoms with van der Waals surface area (Å²) < 4.78 is 20.6. The molecule has 1 unspecified atom stereocenters. The molecule has 11 nitrogen and oxygen atoms in total. The molecule has 1 aromatic carbocycles. The number of benzene rings is 1. The first kappa shape index (κ1) is 25.1. The monoisotopic (exact) mass is 568 g/mol. The molecule has 4 heterocycles. The lowest BCUT2D eigenvalue weighted by Gasteiger charge is -2.16. The Morgan fingerprint density at radius 2 is 1.95 bits per heavy atom. The molecule has 1 saturated carbocycles. The van der Waals surface area contributed by atoms with Crippen LogP contribution < -0.4 is 10.3 Å². The third-order valence-electron chi connectivity index (χ3n) is 6.80. The third kappa shape index (κ3) is 4.77. The average Bonchev–Trinajstić information content (AvgIpc) is 3.35. The van der Waals surface area contributed by atoms with Crippen LogP contribution in [0.2, 0.25) is 10.0 Å². The number of rotatable bonds is 7. The largest absolute Gasteiger partial charge is 0.285 e. The Bertz CT molecular complexity index is 1750. The molecular formula is C25H21Cl2FN9O2+. The number of pyridine rings is 1. The van der Waals surface area contributed by atoms with Crippen LogP contribution in [0.3, 0.4) is 0 Å². The summed E-state index contributed by atoms with van der Waals surface area (Å²) >= 11 is 12.8. The van der Waals surface area contributed by atoms with Crippen molar-refractivity contribution in [3.8, 4) is 27.9 Å². The molecule has 198 valence electrons. The number of halogens is 3. The fourth-order valence-electron chi connectivity index (χ4n) is 4.54. The lowest BCUT2D eigenvalue weighted by molar-refractivity contribution is -0.910. The summed E-state index contributed by atoms with van der Waals surface area (Å²) in [6.45, 7) is 0. The van der Waals surface area contributed by atoms with Gasteiger partial charge in [0, 0.05) is 41.2 Å². The molecule has 1 aliphatic rings. The maximum atomic E-state index is 15.4. The van der Waals surface area contributed by atoms with Crippen LogP contribution in [0.1, 0.15) is 31.0 Å². The minimum atomic E-state index is -0.729. The highest BCUT2D eigenvalue weighted by molar-refractivity contribution is 6.34. The maximum absolute atomic E-state index is 15.4. The summed E-state index contributed by atoms with van der Waals surface area (Å²) in [5.74, 6) is -0.267. The molecule has 1 aliphatic carbocycles. The molecule has 39 heavy (non-hydrogen) atoms. The molecule has 1 N–H and O–H groups in total. The van der Waals surface area contributed by atoms with E-state index in [0.717, 1.165) is 17.6 Å². The van der Waals surface area contributed by atoms with Gasteiger partial charge in [0.2, 0.25) is 6.20 Å². The lowest BCUT2D eigenvalue weighted by atomic mass is 10.0. The van der Waals surface area contributed by atoms with E-state index in [-0.39, 0.29) is 32.8 Å². The molecule has 1 fully saturated rings. The van der Waals surface area contributed by atoms with Gasteiger partial charge in [0.15, 0.2) is 5.82 Å². The van der Waals surface area contributed by atoms with Crippen LogP contribution in [0.4, 0.5) is 4.39 Å². The van der Waals surface area contributed by atoms with Crippen molar-refractivity contribution in [2.24, 2.45) is 13.0 Å². The van der Waals surface area contributed by atoms with E-state index in [1.807, 2.05) is 0 Å². The first-order valence-corrected chi connectivity index (χ1v) is 12.8. The summed E-state index contributed by atoms with van der Waals surface area (Å²) in [6.07, 6.45) is 10.6. The van der Waals surface area contributed by atoms with E-state index in [1.165, 1.54) is 34.0 Å². The Labute approximate surface area is 230 Å². The second kappa shape index (κ2) is 9.86. The zero-order valence-electron chi connectivity index (χ0n) is 20.5. The Balaban J connectivity index is 1.43. The number of aryl methyl sites for hydroxylation is 1. The third-order valence-corrected chi connectivity index (χ3v) is 7.41. The van der Waals surface area contributed by atoms with Crippen LogP contribution in [-0.4, -0.2) is 45.0 Å². The van der Waals surface area contributed by atoms with E-state index < -0.39 is 5.82 Å². The fourth-order valence-corrected chi connectivity index (χ4v) is 4.96. The van der Waals surface area contributed by atoms with Crippen molar-refractivity contribution in [3.05, 3.63) is 87.3 Å². The van der Waals surface area contributed by atoms with Gasteiger partial charge in [-0.3, -0.25) is 14.7 Å². The van der Waals surface area contributed by atoms with Gasteiger partial charge in [-0.15, -0.1) is 5.10 Å². The quantitative estimate of drug-likeness (QED) is 0.235. The first-order valence-electron chi connectivity index (χ1n) is 12.0. The Morgan fingerprint density at radius 3 is 2.67 bits per heavy atom. The van der Waals surface area contributed by atoms with E-state index in [2.05, 4.69) is 25.7 Å². The highest BCUT2D eigenvalue weighted by Gasteiger charge is 2.35. The zero-order valence-corrected chi connectivity index (χ0v) is 22.0. The molecule has 0 bridgehead atoms. The van der Waals surface area contributed by atoms with Gasteiger partial charge in [-0.05, 0) is 34.9 Å². The van der Waals surface area contributed by atoms with Crippen molar-refractivity contribution in [2.75, 3.05) is 0 Å². The van der Waals surface area contributed by atoms with Gasteiger partial charge in [0.1, 0.15) is 12.4 Å². The van der Waals surface area contributed by atoms with Gasteiger partial charge < -0.3 is 0 Å². The van der Waals surface area contributed by atoms with Crippen molar-refractivity contribution < 1.29 is 14.3 Å². The minimum Gasteiger partial charge on any atom is -0.285 e.